The van der Waals surface area contributed by atoms with Gasteiger partial charge in [-0.15, -0.1) is 0 Å². The fourth-order valence-electron chi connectivity index (χ4n) is 5.36. The van der Waals surface area contributed by atoms with Gasteiger partial charge in [-0.1, -0.05) is 60.7 Å². The van der Waals surface area contributed by atoms with E-state index in [2.05, 4.69) is 11.9 Å². The summed E-state index contributed by atoms with van der Waals surface area (Å²) in [5, 5.41) is 4.87. The SMILES string of the molecule is CC1CCN(S(=O)(=O)c2cccc(-c3nn(-c4ccccc4)cc3/C=c3\sc4nc5ccccc5n4c3=O)c2)CC1. The molecule has 1 saturated heterocycles. The van der Waals surface area contributed by atoms with Crippen molar-refractivity contribution in [2.45, 2.75) is 24.7 Å². The van der Waals surface area contributed by atoms with Crippen LogP contribution in [0.5, 0.6) is 0 Å². The van der Waals surface area contributed by atoms with E-state index < -0.39 is 10.0 Å². The lowest BCUT2D eigenvalue weighted by atomic mass is 10.0. The Morgan fingerprint density at radius 1 is 0.951 bits per heavy atom. The molecular formula is C31H27N5O3S2. The summed E-state index contributed by atoms with van der Waals surface area (Å²) in [6.07, 6.45) is 5.41. The lowest BCUT2D eigenvalue weighted by molar-refractivity contribution is 0.288. The Labute approximate surface area is 240 Å². The molecule has 8 nitrogen and oxygen atoms in total. The number of nitrogens with zero attached hydrogens (tertiary/aromatic N) is 5. The van der Waals surface area contributed by atoms with Gasteiger partial charge in [0.05, 0.1) is 26.1 Å². The van der Waals surface area contributed by atoms with Gasteiger partial charge in [0.15, 0.2) is 4.96 Å². The highest BCUT2D eigenvalue weighted by Crippen LogP contribution is 2.29. The van der Waals surface area contributed by atoms with E-state index >= 15 is 0 Å². The highest BCUT2D eigenvalue weighted by molar-refractivity contribution is 7.89. The van der Waals surface area contributed by atoms with Gasteiger partial charge in [-0.25, -0.2) is 22.5 Å². The van der Waals surface area contributed by atoms with E-state index in [1.807, 2.05) is 72.9 Å². The third kappa shape index (κ3) is 4.57. The average Bonchev–Trinajstić information content (AvgIpc) is 3.67. The summed E-state index contributed by atoms with van der Waals surface area (Å²) >= 11 is 1.32. The second-order valence-corrected chi connectivity index (χ2v) is 13.4. The molecular weight excluding hydrogens is 555 g/mol. The van der Waals surface area contributed by atoms with Gasteiger partial charge >= 0.3 is 0 Å². The van der Waals surface area contributed by atoms with Crippen LogP contribution in [0.2, 0.25) is 0 Å². The number of aromatic nitrogens is 4. The van der Waals surface area contributed by atoms with Crippen LogP contribution >= 0.6 is 11.3 Å². The zero-order chi connectivity index (χ0) is 28.1. The van der Waals surface area contributed by atoms with Gasteiger partial charge in [-0.2, -0.15) is 9.40 Å². The van der Waals surface area contributed by atoms with Crippen molar-refractivity contribution in [3.05, 3.63) is 106 Å². The Morgan fingerprint density at radius 3 is 2.51 bits per heavy atom. The first-order valence-electron chi connectivity index (χ1n) is 13.6. The van der Waals surface area contributed by atoms with Crippen molar-refractivity contribution in [1.29, 1.82) is 0 Å². The molecule has 0 radical (unpaired) electrons. The van der Waals surface area contributed by atoms with E-state index in [1.165, 1.54) is 11.3 Å². The first-order chi connectivity index (χ1) is 19.9. The maximum absolute atomic E-state index is 13.5. The van der Waals surface area contributed by atoms with E-state index in [4.69, 9.17) is 5.10 Å². The van der Waals surface area contributed by atoms with E-state index in [0.717, 1.165) is 29.6 Å². The predicted molar refractivity (Wildman–Crippen MR) is 162 cm³/mol. The molecule has 41 heavy (non-hydrogen) atoms. The van der Waals surface area contributed by atoms with Gasteiger partial charge in [0.1, 0.15) is 5.69 Å². The molecule has 1 fully saturated rings. The fourth-order valence-corrected chi connectivity index (χ4v) is 7.86. The van der Waals surface area contributed by atoms with Crippen molar-refractivity contribution in [3.8, 4) is 16.9 Å². The first-order valence-corrected chi connectivity index (χ1v) is 15.8. The predicted octanol–water partition coefficient (Wildman–Crippen LogP) is 4.73. The van der Waals surface area contributed by atoms with Gasteiger partial charge < -0.3 is 0 Å². The number of thiazole rings is 1. The van der Waals surface area contributed by atoms with Crippen molar-refractivity contribution < 1.29 is 8.42 Å². The number of imidazole rings is 1. The first kappa shape index (κ1) is 25.8. The lowest BCUT2D eigenvalue weighted by Gasteiger charge is -2.29. The molecule has 0 unspecified atom stereocenters. The minimum atomic E-state index is -3.64. The summed E-state index contributed by atoms with van der Waals surface area (Å²) in [6, 6.07) is 24.2. The monoisotopic (exact) mass is 581 g/mol. The lowest BCUT2D eigenvalue weighted by Crippen LogP contribution is -2.37. The summed E-state index contributed by atoms with van der Waals surface area (Å²) in [6.45, 7) is 3.21. The summed E-state index contributed by atoms with van der Waals surface area (Å²) in [4.78, 5) is 19.0. The van der Waals surface area contributed by atoms with Crippen LogP contribution < -0.4 is 10.1 Å². The zero-order valence-electron chi connectivity index (χ0n) is 22.3. The van der Waals surface area contributed by atoms with Gasteiger partial charge in [-0.3, -0.25) is 4.79 Å². The summed E-state index contributed by atoms with van der Waals surface area (Å²) in [5.74, 6) is 0.525. The van der Waals surface area contributed by atoms with Gasteiger partial charge in [0.25, 0.3) is 5.56 Å². The van der Waals surface area contributed by atoms with Gasteiger partial charge in [0.2, 0.25) is 10.0 Å². The highest BCUT2D eigenvalue weighted by atomic mass is 32.2. The number of piperidine rings is 1. The summed E-state index contributed by atoms with van der Waals surface area (Å²) in [5.41, 5.74) is 4.22. The molecule has 6 aromatic rings. The number of sulfonamides is 1. The van der Waals surface area contributed by atoms with Crippen LogP contribution in [-0.2, 0) is 10.0 Å². The molecule has 0 aliphatic carbocycles. The Hall–Kier alpha value is -4.12. The molecule has 206 valence electrons. The van der Waals surface area contributed by atoms with Crippen molar-refractivity contribution in [3.63, 3.8) is 0 Å². The third-order valence-corrected chi connectivity index (χ3v) is 10.5. The molecule has 0 bridgehead atoms. The second kappa shape index (κ2) is 10.1. The number of hydrogen-bond donors (Lipinski definition) is 0. The quantitative estimate of drug-likeness (QED) is 0.294. The largest absolute Gasteiger partial charge is 0.274 e. The maximum Gasteiger partial charge on any atom is 0.274 e. The smallest absolute Gasteiger partial charge is 0.267 e. The Bertz CT molecular complexity index is 2120. The van der Waals surface area contributed by atoms with Crippen LogP contribution in [0.15, 0.2) is 94.7 Å². The molecule has 4 heterocycles. The zero-order valence-corrected chi connectivity index (χ0v) is 24.0. The Balaban J connectivity index is 1.37. The van der Waals surface area contributed by atoms with Crippen molar-refractivity contribution in [2.75, 3.05) is 13.1 Å². The van der Waals surface area contributed by atoms with Crippen molar-refractivity contribution in [2.24, 2.45) is 5.92 Å². The molecule has 0 N–H and O–H groups in total. The molecule has 3 aromatic heterocycles. The number of fused-ring (bicyclic) bond motifs is 3. The van der Waals surface area contributed by atoms with Crippen molar-refractivity contribution >= 4 is 43.4 Å². The molecule has 0 saturated carbocycles. The van der Waals surface area contributed by atoms with Crippen LogP contribution in [0.25, 0.3) is 39.0 Å². The molecule has 0 atom stereocenters. The number of hydrogen-bond acceptors (Lipinski definition) is 6. The standard InChI is InChI=1S/C31H27N5O3S2/c1-21-14-16-34(17-15-21)41(38,39)25-11-7-8-22(18-25)29-23(20-35(33-29)24-9-3-2-4-10-24)19-28-30(37)36-27-13-6-5-12-26(27)32-31(36)40-28/h2-13,18-21H,14-17H2,1H3/b28-19-. The molecule has 0 spiro atoms. The fraction of sp³-hybridized carbons (Fsp3) is 0.194. The molecule has 3 aromatic carbocycles. The minimum Gasteiger partial charge on any atom is -0.267 e. The molecule has 0 amide bonds. The van der Waals surface area contributed by atoms with Crippen molar-refractivity contribution in [1.82, 2.24) is 23.5 Å². The molecule has 7 rings (SSSR count). The summed E-state index contributed by atoms with van der Waals surface area (Å²) < 4.78 is 32.6. The Kier molecular flexibility index (Phi) is 6.33. The summed E-state index contributed by atoms with van der Waals surface area (Å²) in [7, 11) is -3.64. The normalized spacial score (nSPS) is 15.8. The van der Waals surface area contributed by atoms with Gasteiger partial charge in [0, 0.05) is 30.4 Å². The topological polar surface area (TPSA) is 89.6 Å². The Morgan fingerprint density at radius 2 is 1.71 bits per heavy atom. The van der Waals surface area contributed by atoms with E-state index in [9.17, 15) is 13.2 Å². The van der Waals surface area contributed by atoms with Gasteiger partial charge in [-0.05, 0) is 61.2 Å². The number of benzene rings is 3. The van der Waals surface area contributed by atoms with Crippen LogP contribution in [0.3, 0.4) is 0 Å². The van der Waals surface area contributed by atoms with E-state index in [-0.39, 0.29) is 10.5 Å². The maximum atomic E-state index is 13.5. The molecule has 10 heteroatoms. The van der Waals surface area contributed by atoms with E-state index in [0.29, 0.717) is 45.3 Å². The van der Waals surface area contributed by atoms with Crippen LogP contribution in [0.4, 0.5) is 0 Å². The third-order valence-electron chi connectivity index (χ3n) is 7.68. The molecule has 1 aliphatic rings. The van der Waals surface area contributed by atoms with Crippen LogP contribution in [0, 0.1) is 5.92 Å². The average molecular weight is 582 g/mol. The van der Waals surface area contributed by atoms with Crippen LogP contribution in [0.1, 0.15) is 25.3 Å². The number of para-hydroxylation sites is 3. The minimum absolute atomic E-state index is 0.146. The highest BCUT2D eigenvalue weighted by Gasteiger charge is 2.28. The molecule has 1 aliphatic heterocycles. The van der Waals surface area contributed by atoms with E-state index in [1.54, 1.807) is 31.6 Å². The number of rotatable bonds is 5. The van der Waals surface area contributed by atoms with Crippen LogP contribution in [-0.4, -0.2) is 45.0 Å². The second-order valence-electron chi connectivity index (χ2n) is 10.5.